The first-order chi connectivity index (χ1) is 8.79. The molecular weight excluding hydrogens is 295 g/mol. The summed E-state index contributed by atoms with van der Waals surface area (Å²) in [7, 11) is -3.98. The molecule has 0 saturated heterocycles. The Morgan fingerprint density at radius 2 is 2.11 bits per heavy atom. The summed E-state index contributed by atoms with van der Waals surface area (Å²) in [5.74, 6) is -0.670. The number of aromatic amines is 1. The molecule has 0 bridgehead atoms. The Balaban J connectivity index is 2.42. The number of nitrogens with two attached hydrogens (primary N) is 1. The van der Waals surface area contributed by atoms with E-state index in [1.807, 2.05) is 0 Å². The van der Waals surface area contributed by atoms with Crippen molar-refractivity contribution in [1.29, 1.82) is 0 Å². The number of H-pyrrole nitrogens is 1. The SMILES string of the molecule is Cc1cc(NS(=O)(=O)c2cc(N)c(F)cc2Cl)n[nH]1. The van der Waals surface area contributed by atoms with Crippen molar-refractivity contribution in [2.45, 2.75) is 11.8 Å². The van der Waals surface area contributed by atoms with E-state index in [1.165, 1.54) is 6.07 Å². The quantitative estimate of drug-likeness (QED) is 0.754. The van der Waals surface area contributed by atoms with Gasteiger partial charge < -0.3 is 5.73 Å². The number of anilines is 2. The van der Waals surface area contributed by atoms with Crippen molar-refractivity contribution in [3.63, 3.8) is 0 Å². The average Bonchev–Trinajstić information content (AvgIpc) is 2.68. The van der Waals surface area contributed by atoms with Gasteiger partial charge in [0.15, 0.2) is 5.82 Å². The molecule has 9 heteroatoms. The molecule has 1 aromatic heterocycles. The van der Waals surface area contributed by atoms with E-state index in [0.29, 0.717) is 5.69 Å². The summed E-state index contributed by atoms with van der Waals surface area (Å²) < 4.78 is 39.5. The van der Waals surface area contributed by atoms with Crippen LogP contribution in [0.3, 0.4) is 0 Å². The number of benzene rings is 1. The maximum Gasteiger partial charge on any atom is 0.264 e. The highest BCUT2D eigenvalue weighted by Crippen LogP contribution is 2.27. The van der Waals surface area contributed by atoms with E-state index < -0.39 is 15.8 Å². The fourth-order valence-corrected chi connectivity index (χ4v) is 2.96. The van der Waals surface area contributed by atoms with E-state index in [4.69, 9.17) is 17.3 Å². The highest BCUT2D eigenvalue weighted by Gasteiger charge is 2.21. The molecule has 0 unspecified atom stereocenters. The Labute approximate surface area is 113 Å². The van der Waals surface area contributed by atoms with Gasteiger partial charge in [-0.3, -0.25) is 9.82 Å². The number of sulfonamides is 1. The van der Waals surface area contributed by atoms with Crippen LogP contribution < -0.4 is 10.5 Å². The van der Waals surface area contributed by atoms with Crippen LogP contribution in [0.1, 0.15) is 5.69 Å². The van der Waals surface area contributed by atoms with Gasteiger partial charge in [-0.1, -0.05) is 11.6 Å². The first kappa shape index (κ1) is 13.6. The average molecular weight is 305 g/mol. The lowest BCUT2D eigenvalue weighted by Crippen LogP contribution is -2.14. The van der Waals surface area contributed by atoms with Gasteiger partial charge in [0.2, 0.25) is 0 Å². The van der Waals surface area contributed by atoms with E-state index in [9.17, 15) is 12.8 Å². The lowest BCUT2D eigenvalue weighted by atomic mass is 10.3. The Kier molecular flexibility index (Phi) is 3.38. The summed E-state index contributed by atoms with van der Waals surface area (Å²) in [6.45, 7) is 1.72. The van der Waals surface area contributed by atoms with Gasteiger partial charge >= 0.3 is 0 Å². The topological polar surface area (TPSA) is 101 Å². The lowest BCUT2D eigenvalue weighted by molar-refractivity contribution is 0.600. The second kappa shape index (κ2) is 4.71. The first-order valence-electron chi connectivity index (χ1n) is 5.09. The maximum absolute atomic E-state index is 13.1. The molecule has 0 amide bonds. The largest absolute Gasteiger partial charge is 0.396 e. The Bertz CT molecular complexity index is 729. The molecule has 0 saturated carbocycles. The molecule has 0 spiro atoms. The maximum atomic E-state index is 13.1. The van der Waals surface area contributed by atoms with Gasteiger partial charge in [-0.05, 0) is 19.1 Å². The van der Waals surface area contributed by atoms with Gasteiger partial charge in [-0.2, -0.15) is 5.10 Å². The van der Waals surface area contributed by atoms with Crippen LogP contribution >= 0.6 is 11.6 Å². The van der Waals surface area contributed by atoms with Crippen LogP contribution in [0, 0.1) is 12.7 Å². The molecule has 0 atom stereocenters. The highest BCUT2D eigenvalue weighted by molar-refractivity contribution is 7.92. The third kappa shape index (κ3) is 2.79. The van der Waals surface area contributed by atoms with Crippen LogP contribution in [0.15, 0.2) is 23.1 Å². The molecule has 2 rings (SSSR count). The minimum absolute atomic E-state index is 0.108. The van der Waals surface area contributed by atoms with E-state index in [-0.39, 0.29) is 21.4 Å². The minimum Gasteiger partial charge on any atom is -0.396 e. The molecule has 0 fully saturated rings. The second-order valence-electron chi connectivity index (χ2n) is 3.85. The fourth-order valence-electron chi connectivity index (χ4n) is 1.41. The number of rotatable bonds is 3. The van der Waals surface area contributed by atoms with Crippen molar-refractivity contribution >= 4 is 33.1 Å². The zero-order chi connectivity index (χ0) is 14.2. The van der Waals surface area contributed by atoms with Crippen LogP contribution in [-0.4, -0.2) is 18.6 Å². The molecule has 2 aromatic rings. The van der Waals surface area contributed by atoms with E-state index >= 15 is 0 Å². The lowest BCUT2D eigenvalue weighted by Gasteiger charge is -2.08. The predicted octanol–water partition coefficient (Wildman–Crippen LogP) is 1.89. The first-order valence-corrected chi connectivity index (χ1v) is 6.95. The second-order valence-corrected chi connectivity index (χ2v) is 5.90. The van der Waals surface area contributed by atoms with Gasteiger partial charge in [-0.25, -0.2) is 12.8 Å². The number of halogens is 2. The number of hydrogen-bond acceptors (Lipinski definition) is 4. The van der Waals surface area contributed by atoms with Gasteiger partial charge in [0.1, 0.15) is 10.7 Å². The molecule has 6 nitrogen and oxygen atoms in total. The molecule has 19 heavy (non-hydrogen) atoms. The highest BCUT2D eigenvalue weighted by atomic mass is 35.5. The standard InChI is InChI=1S/C10H10ClFN4O2S/c1-5-2-10(15-14-5)16-19(17,18)9-4-8(13)7(12)3-6(9)11/h2-4H,13H2,1H3,(H2,14,15,16). The monoisotopic (exact) mass is 304 g/mol. The van der Waals surface area contributed by atoms with Crippen molar-refractivity contribution in [3.8, 4) is 0 Å². The smallest absolute Gasteiger partial charge is 0.264 e. The summed E-state index contributed by atoms with van der Waals surface area (Å²) in [5.41, 5.74) is 5.72. The fraction of sp³-hybridized carbons (Fsp3) is 0.100. The predicted molar refractivity (Wildman–Crippen MR) is 70.0 cm³/mol. The van der Waals surface area contributed by atoms with Gasteiger partial charge in [0.25, 0.3) is 10.0 Å². The number of nitrogens with zero attached hydrogens (tertiary/aromatic N) is 1. The number of nitrogens with one attached hydrogen (secondary N) is 2. The van der Waals surface area contributed by atoms with Crippen molar-refractivity contribution in [2.24, 2.45) is 0 Å². The summed E-state index contributed by atoms with van der Waals surface area (Å²) >= 11 is 5.71. The zero-order valence-electron chi connectivity index (χ0n) is 9.74. The third-order valence-corrected chi connectivity index (χ3v) is 4.11. The normalized spacial score (nSPS) is 11.5. The zero-order valence-corrected chi connectivity index (χ0v) is 11.3. The molecule has 0 aliphatic rings. The van der Waals surface area contributed by atoms with Crippen LogP contribution in [0.5, 0.6) is 0 Å². The Hall–Kier alpha value is -1.80. The third-order valence-electron chi connectivity index (χ3n) is 2.29. The van der Waals surface area contributed by atoms with E-state index in [2.05, 4.69) is 14.9 Å². The van der Waals surface area contributed by atoms with Gasteiger partial charge in [0, 0.05) is 11.8 Å². The molecule has 0 aliphatic heterocycles. The number of aromatic nitrogens is 2. The molecule has 1 heterocycles. The van der Waals surface area contributed by atoms with Crippen LogP contribution in [0.2, 0.25) is 5.02 Å². The van der Waals surface area contributed by atoms with Gasteiger partial charge in [0.05, 0.1) is 10.7 Å². The Morgan fingerprint density at radius 3 is 2.68 bits per heavy atom. The van der Waals surface area contributed by atoms with E-state index in [0.717, 1.165) is 12.1 Å². The van der Waals surface area contributed by atoms with E-state index in [1.54, 1.807) is 6.92 Å². The minimum atomic E-state index is -3.98. The number of nitrogen functional groups attached to an aromatic ring is 1. The number of aryl methyl sites for hydroxylation is 1. The van der Waals surface area contributed by atoms with Crippen LogP contribution in [0.4, 0.5) is 15.9 Å². The van der Waals surface area contributed by atoms with Crippen LogP contribution in [-0.2, 0) is 10.0 Å². The molecule has 0 radical (unpaired) electrons. The molecule has 0 aliphatic carbocycles. The molecule has 1 aromatic carbocycles. The molecular formula is C10H10ClFN4O2S. The van der Waals surface area contributed by atoms with Crippen molar-refractivity contribution < 1.29 is 12.8 Å². The summed E-state index contributed by atoms with van der Waals surface area (Å²) in [6, 6.07) is 3.30. The van der Waals surface area contributed by atoms with Gasteiger partial charge in [-0.15, -0.1) is 0 Å². The number of hydrogen-bond donors (Lipinski definition) is 3. The van der Waals surface area contributed by atoms with Crippen molar-refractivity contribution in [3.05, 3.63) is 34.7 Å². The van der Waals surface area contributed by atoms with Crippen LogP contribution in [0.25, 0.3) is 0 Å². The van der Waals surface area contributed by atoms with Crippen molar-refractivity contribution in [2.75, 3.05) is 10.5 Å². The molecule has 4 N–H and O–H groups in total. The Morgan fingerprint density at radius 1 is 1.42 bits per heavy atom. The van der Waals surface area contributed by atoms with Crippen molar-refractivity contribution in [1.82, 2.24) is 10.2 Å². The summed E-state index contributed by atoms with van der Waals surface area (Å²) in [5, 5.41) is 6.06. The summed E-state index contributed by atoms with van der Waals surface area (Å²) in [6.07, 6.45) is 0. The molecule has 102 valence electrons. The summed E-state index contributed by atoms with van der Waals surface area (Å²) in [4.78, 5) is -0.311.